The van der Waals surface area contributed by atoms with Gasteiger partial charge < -0.3 is 19.1 Å². The molecule has 0 N–H and O–H groups in total. The van der Waals surface area contributed by atoms with Crippen LogP contribution in [0.1, 0.15) is 29.7 Å². The Kier molecular flexibility index (Phi) is 8.65. The van der Waals surface area contributed by atoms with Gasteiger partial charge in [-0.25, -0.2) is 9.79 Å². The molecule has 5 rings (SSSR count). The van der Waals surface area contributed by atoms with Crippen molar-refractivity contribution in [2.75, 3.05) is 39.8 Å². The summed E-state index contributed by atoms with van der Waals surface area (Å²) >= 11 is 4.90. The molecule has 4 aromatic rings. The maximum Gasteiger partial charge on any atom is 0.338 e. The van der Waals surface area contributed by atoms with E-state index in [1.807, 2.05) is 79.7 Å². The first-order valence-corrected chi connectivity index (χ1v) is 14.9. The minimum Gasteiger partial charge on any atom is -0.493 e. The second-order valence-electron chi connectivity index (χ2n) is 9.62. The second kappa shape index (κ2) is 12.4. The van der Waals surface area contributed by atoms with Crippen LogP contribution in [0.2, 0.25) is 0 Å². The molecule has 0 bridgehead atoms. The number of halogens is 1. The van der Waals surface area contributed by atoms with Gasteiger partial charge in [0.25, 0.3) is 5.56 Å². The molecule has 0 amide bonds. The monoisotopic (exact) mass is 647 g/mol. The Morgan fingerprint density at radius 1 is 1.07 bits per heavy atom. The van der Waals surface area contributed by atoms with Crippen LogP contribution >= 0.6 is 27.3 Å². The third kappa shape index (κ3) is 5.39. The van der Waals surface area contributed by atoms with Crippen LogP contribution in [0.25, 0.3) is 11.8 Å². The van der Waals surface area contributed by atoms with Crippen LogP contribution in [0.5, 0.6) is 11.5 Å². The number of nitrogens with zero attached hydrogens (tertiary/aromatic N) is 3. The molecule has 0 saturated heterocycles. The number of hydrogen-bond donors (Lipinski definition) is 0. The smallest absolute Gasteiger partial charge is 0.338 e. The molecular formula is C32H30BrN3O5S. The number of benzene rings is 3. The van der Waals surface area contributed by atoms with Gasteiger partial charge in [0, 0.05) is 29.7 Å². The van der Waals surface area contributed by atoms with E-state index >= 15 is 0 Å². The maximum absolute atomic E-state index is 14.2. The number of carbonyl (C=O) groups is 1. The Morgan fingerprint density at radius 3 is 2.48 bits per heavy atom. The number of esters is 1. The first-order chi connectivity index (χ1) is 20.3. The van der Waals surface area contributed by atoms with Crippen LogP contribution in [0, 0.1) is 0 Å². The number of thiazole rings is 1. The van der Waals surface area contributed by atoms with Crippen molar-refractivity contribution in [3.05, 3.63) is 113 Å². The highest BCUT2D eigenvalue weighted by molar-refractivity contribution is 9.10. The molecule has 1 aliphatic rings. The maximum atomic E-state index is 14.2. The summed E-state index contributed by atoms with van der Waals surface area (Å²) < 4.78 is 19.9. The zero-order valence-corrected chi connectivity index (χ0v) is 26.3. The van der Waals surface area contributed by atoms with E-state index in [1.165, 1.54) is 18.4 Å². The molecule has 10 heteroatoms. The summed E-state index contributed by atoms with van der Waals surface area (Å²) in [7, 11) is 7.02. The van der Waals surface area contributed by atoms with Crippen molar-refractivity contribution in [1.29, 1.82) is 0 Å². The van der Waals surface area contributed by atoms with Gasteiger partial charge in [-0.05, 0) is 52.7 Å². The summed E-state index contributed by atoms with van der Waals surface area (Å²) in [4.78, 5) is 35.3. The van der Waals surface area contributed by atoms with E-state index in [1.54, 1.807) is 30.7 Å². The van der Waals surface area contributed by atoms with Crippen molar-refractivity contribution in [1.82, 2.24) is 4.57 Å². The number of aromatic nitrogens is 1. The van der Waals surface area contributed by atoms with E-state index in [9.17, 15) is 9.59 Å². The van der Waals surface area contributed by atoms with Crippen molar-refractivity contribution < 1.29 is 19.0 Å². The normalized spacial score (nSPS) is 14.7. The number of ether oxygens (including phenoxy) is 3. The molecule has 0 fully saturated rings. The predicted octanol–water partition coefficient (Wildman–Crippen LogP) is 4.78. The highest BCUT2D eigenvalue weighted by Gasteiger charge is 2.37. The lowest BCUT2D eigenvalue weighted by atomic mass is 9.92. The minimum atomic E-state index is -0.884. The van der Waals surface area contributed by atoms with E-state index in [4.69, 9.17) is 19.2 Å². The summed E-state index contributed by atoms with van der Waals surface area (Å²) in [5, 5.41) is 0. The van der Waals surface area contributed by atoms with Gasteiger partial charge in [0.05, 0.1) is 42.3 Å². The zero-order chi connectivity index (χ0) is 30.0. The minimum absolute atomic E-state index is 0.161. The van der Waals surface area contributed by atoms with Crippen molar-refractivity contribution in [3.63, 3.8) is 0 Å². The van der Waals surface area contributed by atoms with Gasteiger partial charge in [-0.1, -0.05) is 59.9 Å². The number of anilines is 1. The average Bonchev–Trinajstić information content (AvgIpc) is 3.30. The summed E-state index contributed by atoms with van der Waals surface area (Å²) in [5.41, 5.74) is 3.57. The third-order valence-corrected chi connectivity index (χ3v) is 8.47. The summed E-state index contributed by atoms with van der Waals surface area (Å²) in [5.74, 6) is 0.329. The fraction of sp³-hybridized carbons (Fsp3) is 0.219. The molecule has 8 nitrogen and oxygen atoms in total. The predicted molar refractivity (Wildman–Crippen MR) is 169 cm³/mol. The van der Waals surface area contributed by atoms with E-state index in [2.05, 4.69) is 15.9 Å². The first-order valence-electron chi connectivity index (χ1n) is 13.2. The largest absolute Gasteiger partial charge is 0.493 e. The van der Waals surface area contributed by atoms with Gasteiger partial charge >= 0.3 is 5.97 Å². The molecule has 1 aromatic heterocycles. The Morgan fingerprint density at radius 2 is 1.83 bits per heavy atom. The van der Waals surface area contributed by atoms with E-state index in [0.717, 1.165) is 21.3 Å². The second-order valence-corrected chi connectivity index (χ2v) is 11.5. The molecule has 0 spiro atoms. The van der Waals surface area contributed by atoms with Crippen molar-refractivity contribution in [3.8, 4) is 11.5 Å². The third-order valence-electron chi connectivity index (χ3n) is 6.85. The van der Waals surface area contributed by atoms with Crippen LogP contribution in [-0.4, -0.2) is 45.5 Å². The average molecular weight is 649 g/mol. The SMILES string of the molecule is CCOC(=O)C1=C(c2ccccc2)N=c2sc(=Cc3ccc(N(C)C)c(Br)c3)c(=O)n2[C@H]1c1cccc(OC)c1OC. The molecule has 1 aliphatic heterocycles. The van der Waals surface area contributed by atoms with Gasteiger partial charge in [-0.2, -0.15) is 0 Å². The highest BCUT2D eigenvalue weighted by Crippen LogP contribution is 2.42. The number of methoxy groups -OCH3 is 2. The Bertz CT molecular complexity index is 1860. The number of rotatable bonds is 8. The number of hydrogen-bond acceptors (Lipinski definition) is 8. The van der Waals surface area contributed by atoms with Gasteiger partial charge in [0.2, 0.25) is 0 Å². The lowest BCUT2D eigenvalue weighted by molar-refractivity contribution is -0.138. The number of carbonyl (C=O) groups excluding carboxylic acids is 1. The lowest BCUT2D eigenvalue weighted by Gasteiger charge is -2.27. The Balaban J connectivity index is 1.84. The van der Waals surface area contributed by atoms with Crippen LogP contribution in [-0.2, 0) is 9.53 Å². The van der Waals surface area contributed by atoms with E-state index in [-0.39, 0.29) is 17.7 Å². The molecule has 42 heavy (non-hydrogen) atoms. The summed E-state index contributed by atoms with van der Waals surface area (Å²) in [6.07, 6.45) is 1.84. The van der Waals surface area contributed by atoms with Gasteiger partial charge in [-0.15, -0.1) is 0 Å². The van der Waals surface area contributed by atoms with Crippen molar-refractivity contribution in [2.45, 2.75) is 13.0 Å². The van der Waals surface area contributed by atoms with Crippen LogP contribution < -0.4 is 29.3 Å². The van der Waals surface area contributed by atoms with E-state index in [0.29, 0.717) is 32.1 Å². The summed E-state index contributed by atoms with van der Waals surface area (Å²) in [6.45, 7) is 1.91. The fourth-order valence-corrected chi connectivity index (χ4v) is 6.74. The van der Waals surface area contributed by atoms with Crippen molar-refractivity contribution >= 4 is 50.7 Å². The molecule has 216 valence electrons. The number of fused-ring (bicyclic) bond motifs is 1. The standard InChI is InChI=1S/C32H30BrN3O5S/c1-6-41-31(38)26-27(20-11-8-7-9-12-20)34-32-36(28(26)21-13-10-14-24(39-4)29(21)40-5)30(37)25(42-32)18-19-15-16-23(35(2)3)22(33)17-19/h7-18,28H,6H2,1-5H3/t28-/m0/s1. The van der Waals surface area contributed by atoms with Crippen LogP contribution in [0.15, 0.2) is 86.6 Å². The molecular weight excluding hydrogens is 618 g/mol. The molecule has 2 heterocycles. The Labute approximate surface area is 255 Å². The van der Waals surface area contributed by atoms with Crippen LogP contribution in [0.3, 0.4) is 0 Å². The highest BCUT2D eigenvalue weighted by atomic mass is 79.9. The first kappa shape index (κ1) is 29.3. The Hall–Kier alpha value is -4.15. The zero-order valence-electron chi connectivity index (χ0n) is 23.9. The summed E-state index contributed by atoms with van der Waals surface area (Å²) in [6, 6.07) is 19.9. The van der Waals surface area contributed by atoms with Crippen molar-refractivity contribution in [2.24, 2.45) is 4.99 Å². The molecule has 3 aromatic carbocycles. The van der Waals surface area contributed by atoms with Crippen LogP contribution in [0.4, 0.5) is 5.69 Å². The fourth-order valence-electron chi connectivity index (χ4n) is 4.99. The molecule has 0 unspecified atom stereocenters. The molecule has 0 aliphatic carbocycles. The molecule has 1 atom stereocenters. The van der Waals surface area contributed by atoms with Gasteiger partial charge in [-0.3, -0.25) is 9.36 Å². The molecule has 0 radical (unpaired) electrons. The topological polar surface area (TPSA) is 82.4 Å². The lowest BCUT2D eigenvalue weighted by Crippen LogP contribution is -2.40. The van der Waals surface area contributed by atoms with E-state index < -0.39 is 12.0 Å². The molecule has 0 saturated carbocycles. The van der Waals surface area contributed by atoms with Gasteiger partial charge in [0.1, 0.15) is 6.04 Å². The quantitative estimate of drug-likeness (QED) is 0.256. The van der Waals surface area contributed by atoms with Gasteiger partial charge in [0.15, 0.2) is 16.3 Å². The number of para-hydroxylation sites is 1.